The number of rotatable bonds is 6. The van der Waals surface area contributed by atoms with Crippen molar-refractivity contribution >= 4 is 34.6 Å². The van der Waals surface area contributed by atoms with Gasteiger partial charge in [0.25, 0.3) is 0 Å². The predicted molar refractivity (Wildman–Crippen MR) is 102 cm³/mol. The molecule has 0 unspecified atom stereocenters. The Labute approximate surface area is 174 Å². The minimum absolute atomic E-state index is 0.0517. The summed E-state index contributed by atoms with van der Waals surface area (Å²) in [5.74, 6) is 0. The molecule has 0 aliphatic heterocycles. The van der Waals surface area contributed by atoms with Gasteiger partial charge in [0.15, 0.2) is 5.71 Å². The molecule has 2 aromatic rings. The zero-order chi connectivity index (χ0) is 21.6. The van der Waals surface area contributed by atoms with Gasteiger partial charge < -0.3 is 4.74 Å². The van der Waals surface area contributed by atoms with Crippen LogP contribution in [0.2, 0.25) is 10.0 Å². The Bertz CT molecular complexity index is 972. The highest BCUT2D eigenvalue weighted by Gasteiger charge is 2.32. The quantitative estimate of drug-likeness (QED) is 0.357. The molecule has 0 atom stereocenters. The molecule has 0 bridgehead atoms. The van der Waals surface area contributed by atoms with Gasteiger partial charge >= 0.3 is 6.18 Å². The van der Waals surface area contributed by atoms with Crippen molar-refractivity contribution in [1.29, 1.82) is 10.5 Å². The van der Waals surface area contributed by atoms with Crippen molar-refractivity contribution < 1.29 is 17.9 Å². The van der Waals surface area contributed by atoms with Gasteiger partial charge in [-0.1, -0.05) is 23.2 Å². The first kappa shape index (κ1) is 22.4. The highest BCUT2D eigenvalue weighted by atomic mass is 35.5. The topological polar surface area (TPSA) is 85.3 Å². The van der Waals surface area contributed by atoms with E-state index in [0.29, 0.717) is 12.1 Å². The number of hydrogen-bond acceptors (Lipinski definition) is 6. The first-order valence-corrected chi connectivity index (χ1v) is 8.73. The molecular formula is C18H12Cl2F3N5O. The molecule has 0 fully saturated rings. The number of nitrogens with zero attached hydrogens (tertiary/aromatic N) is 5. The number of benzene rings is 1. The van der Waals surface area contributed by atoms with E-state index in [-0.39, 0.29) is 46.0 Å². The monoisotopic (exact) mass is 441 g/mol. The molecule has 1 aromatic carbocycles. The highest BCUT2D eigenvalue weighted by molar-refractivity contribution is 6.39. The second kappa shape index (κ2) is 9.57. The molecule has 0 saturated carbocycles. The summed E-state index contributed by atoms with van der Waals surface area (Å²) in [5.41, 5.74) is -0.774. The van der Waals surface area contributed by atoms with Gasteiger partial charge in [-0.05, 0) is 31.2 Å². The van der Waals surface area contributed by atoms with Gasteiger partial charge in [-0.3, -0.25) is 0 Å². The third kappa shape index (κ3) is 5.58. The van der Waals surface area contributed by atoms with Crippen molar-refractivity contribution in [2.24, 2.45) is 5.10 Å². The number of hydrogen-bond donors (Lipinski definition) is 0. The SMILES string of the molecule is CCOCN(N=C(C#N)c1ccc(C#N)nc1)c1c(Cl)cc(C(F)(F)F)cc1Cl. The molecule has 0 saturated heterocycles. The van der Waals surface area contributed by atoms with E-state index in [2.05, 4.69) is 10.1 Å². The zero-order valence-electron chi connectivity index (χ0n) is 14.8. The maximum absolute atomic E-state index is 13.0. The van der Waals surface area contributed by atoms with E-state index < -0.39 is 11.7 Å². The Morgan fingerprint density at radius 1 is 1.24 bits per heavy atom. The van der Waals surface area contributed by atoms with Gasteiger partial charge in [-0.2, -0.15) is 28.8 Å². The molecule has 0 amide bonds. The van der Waals surface area contributed by atoms with E-state index in [9.17, 15) is 18.4 Å². The molecule has 1 aromatic heterocycles. The number of alkyl halides is 3. The van der Waals surface area contributed by atoms with Crippen LogP contribution in [0.15, 0.2) is 35.6 Å². The molecule has 0 spiro atoms. The standard InChI is InChI=1S/C18H12Cl2F3N5O/c1-2-29-10-28(17-14(19)5-12(6-15(17)20)18(21,22)23)27-16(8-25)11-3-4-13(7-24)26-9-11/h3-6,9H,2,10H2,1H3. The fraction of sp³-hybridized carbons (Fsp3) is 0.222. The van der Waals surface area contributed by atoms with Crippen molar-refractivity contribution in [1.82, 2.24) is 4.98 Å². The number of pyridine rings is 1. The smallest absolute Gasteiger partial charge is 0.360 e. The van der Waals surface area contributed by atoms with Crippen molar-refractivity contribution in [2.75, 3.05) is 18.3 Å². The van der Waals surface area contributed by atoms with Gasteiger partial charge in [-0.15, -0.1) is 0 Å². The van der Waals surface area contributed by atoms with Crippen LogP contribution in [0.1, 0.15) is 23.7 Å². The van der Waals surface area contributed by atoms with Gasteiger partial charge in [0.1, 0.15) is 24.6 Å². The van der Waals surface area contributed by atoms with E-state index >= 15 is 0 Å². The fourth-order valence-corrected chi connectivity index (χ4v) is 2.84. The van der Waals surface area contributed by atoms with Crippen molar-refractivity contribution in [3.8, 4) is 12.1 Å². The van der Waals surface area contributed by atoms with Gasteiger partial charge in [0.05, 0.1) is 21.3 Å². The molecule has 0 aliphatic carbocycles. The van der Waals surface area contributed by atoms with E-state index in [1.807, 2.05) is 12.1 Å². The average Bonchev–Trinajstić information content (AvgIpc) is 2.68. The summed E-state index contributed by atoms with van der Waals surface area (Å²) < 4.78 is 44.2. The van der Waals surface area contributed by atoms with E-state index in [1.54, 1.807) is 6.92 Å². The Hall–Kier alpha value is -2.85. The summed E-state index contributed by atoms with van der Waals surface area (Å²) >= 11 is 12.1. The minimum atomic E-state index is -4.63. The largest absolute Gasteiger partial charge is 0.416 e. The van der Waals surface area contributed by atoms with Crippen molar-refractivity contribution in [3.05, 3.63) is 57.3 Å². The summed E-state index contributed by atoms with van der Waals surface area (Å²) in [6.45, 7) is 1.74. The zero-order valence-corrected chi connectivity index (χ0v) is 16.3. The number of anilines is 1. The van der Waals surface area contributed by atoms with Crippen LogP contribution >= 0.6 is 23.2 Å². The first-order chi connectivity index (χ1) is 13.7. The molecular weight excluding hydrogens is 430 g/mol. The lowest BCUT2D eigenvalue weighted by Crippen LogP contribution is -2.23. The van der Waals surface area contributed by atoms with Crippen LogP contribution in [-0.4, -0.2) is 24.0 Å². The van der Waals surface area contributed by atoms with Crippen LogP contribution in [0.4, 0.5) is 18.9 Å². The normalized spacial score (nSPS) is 11.7. The lowest BCUT2D eigenvalue weighted by molar-refractivity contribution is -0.137. The fourth-order valence-electron chi connectivity index (χ4n) is 2.16. The average molecular weight is 442 g/mol. The third-order valence-electron chi connectivity index (χ3n) is 3.50. The number of nitriles is 2. The Morgan fingerprint density at radius 2 is 1.90 bits per heavy atom. The summed E-state index contributed by atoms with van der Waals surface area (Å²) in [6.07, 6.45) is -3.36. The van der Waals surface area contributed by atoms with Crippen LogP contribution < -0.4 is 5.01 Å². The Balaban J connectivity index is 2.54. The molecule has 11 heteroatoms. The molecule has 2 rings (SSSR count). The maximum atomic E-state index is 13.0. The van der Waals surface area contributed by atoms with Gasteiger partial charge in [-0.25, -0.2) is 9.99 Å². The van der Waals surface area contributed by atoms with E-state index in [4.69, 9.17) is 33.2 Å². The van der Waals surface area contributed by atoms with Gasteiger partial charge in [0, 0.05) is 18.4 Å². The second-order valence-electron chi connectivity index (χ2n) is 5.41. The van der Waals surface area contributed by atoms with Crippen molar-refractivity contribution in [2.45, 2.75) is 13.1 Å². The van der Waals surface area contributed by atoms with Crippen LogP contribution in [-0.2, 0) is 10.9 Å². The summed E-state index contributed by atoms with van der Waals surface area (Å²) in [5, 5.41) is 22.9. The maximum Gasteiger partial charge on any atom is 0.416 e. The third-order valence-corrected chi connectivity index (χ3v) is 4.07. The molecule has 29 heavy (non-hydrogen) atoms. The number of aromatic nitrogens is 1. The summed E-state index contributed by atoms with van der Waals surface area (Å²) in [7, 11) is 0. The van der Waals surface area contributed by atoms with Crippen LogP contribution in [0.25, 0.3) is 0 Å². The Kier molecular flexibility index (Phi) is 7.40. The Morgan fingerprint density at radius 3 is 2.34 bits per heavy atom. The molecule has 150 valence electrons. The molecule has 0 radical (unpaired) electrons. The van der Waals surface area contributed by atoms with Crippen LogP contribution in [0.3, 0.4) is 0 Å². The molecule has 1 heterocycles. The first-order valence-electron chi connectivity index (χ1n) is 7.98. The molecule has 0 aliphatic rings. The van der Waals surface area contributed by atoms with Crippen LogP contribution in [0, 0.1) is 22.7 Å². The molecule has 6 nitrogen and oxygen atoms in total. The van der Waals surface area contributed by atoms with E-state index in [1.165, 1.54) is 18.3 Å². The number of hydrazone groups is 1. The lowest BCUT2D eigenvalue weighted by Gasteiger charge is -2.22. The molecule has 0 N–H and O–H groups in total. The number of halogens is 5. The van der Waals surface area contributed by atoms with Crippen molar-refractivity contribution in [3.63, 3.8) is 0 Å². The number of ether oxygens (including phenoxy) is 1. The minimum Gasteiger partial charge on any atom is -0.360 e. The van der Waals surface area contributed by atoms with E-state index in [0.717, 1.165) is 5.01 Å². The lowest BCUT2D eigenvalue weighted by atomic mass is 10.2. The second-order valence-corrected chi connectivity index (χ2v) is 6.23. The predicted octanol–water partition coefficient (Wildman–Crippen LogP) is 5.01. The summed E-state index contributed by atoms with van der Waals surface area (Å²) in [6, 6.07) is 8.00. The summed E-state index contributed by atoms with van der Waals surface area (Å²) in [4.78, 5) is 3.86. The van der Waals surface area contributed by atoms with Gasteiger partial charge in [0.2, 0.25) is 0 Å². The van der Waals surface area contributed by atoms with Crippen LogP contribution in [0.5, 0.6) is 0 Å². The highest BCUT2D eigenvalue weighted by Crippen LogP contribution is 2.40.